The van der Waals surface area contributed by atoms with E-state index in [-0.39, 0.29) is 11.3 Å². The summed E-state index contributed by atoms with van der Waals surface area (Å²) in [6.45, 7) is 2.32. The van der Waals surface area contributed by atoms with Gasteiger partial charge in [0.2, 0.25) is 0 Å². The number of carbonyl (C=O) groups is 1. The second-order valence-corrected chi connectivity index (χ2v) is 2.87. The van der Waals surface area contributed by atoms with Gasteiger partial charge in [0.15, 0.2) is 0 Å². The number of rotatable bonds is 4. The smallest absolute Gasteiger partial charge is 0.250 e. The molecule has 0 N–H and O–H groups in total. The van der Waals surface area contributed by atoms with Crippen LogP contribution in [0.5, 0.6) is 0 Å². The highest BCUT2D eigenvalue weighted by Crippen LogP contribution is 1.92. The van der Waals surface area contributed by atoms with Crippen molar-refractivity contribution < 1.29 is 4.79 Å². The summed E-state index contributed by atoms with van der Waals surface area (Å²) in [5.74, 6) is 0.191. The van der Waals surface area contributed by atoms with E-state index in [1.807, 2.05) is 6.92 Å². The lowest BCUT2D eigenvalue weighted by Gasteiger charge is -2.02. The maximum atomic E-state index is 11.2. The van der Waals surface area contributed by atoms with Crippen molar-refractivity contribution in [2.45, 2.75) is 26.3 Å². The minimum Gasteiger partial charge on any atom is -0.315 e. The van der Waals surface area contributed by atoms with Crippen LogP contribution in [0.2, 0.25) is 0 Å². The number of pyridine rings is 1. The van der Waals surface area contributed by atoms with Crippen LogP contribution in [0.1, 0.15) is 19.8 Å². The van der Waals surface area contributed by atoms with Crippen molar-refractivity contribution in [1.29, 1.82) is 0 Å². The molecule has 0 atom stereocenters. The van der Waals surface area contributed by atoms with Crippen LogP contribution in [-0.2, 0) is 11.3 Å². The Morgan fingerprint density at radius 1 is 1.46 bits per heavy atom. The summed E-state index contributed by atoms with van der Waals surface area (Å²) in [4.78, 5) is 22.2. The molecule has 3 heteroatoms. The molecule has 1 aromatic heterocycles. The number of Topliss-reactive ketones (excluding diaryl/α,β-unsaturated/α-hetero) is 1. The highest BCUT2D eigenvalue weighted by atomic mass is 16.1. The van der Waals surface area contributed by atoms with Crippen LogP contribution < -0.4 is 5.56 Å². The van der Waals surface area contributed by atoms with Gasteiger partial charge in [-0.25, -0.2) is 0 Å². The number of nitrogens with zero attached hydrogens (tertiary/aromatic N) is 1. The quantitative estimate of drug-likeness (QED) is 0.697. The van der Waals surface area contributed by atoms with E-state index >= 15 is 0 Å². The third-order valence-electron chi connectivity index (χ3n) is 1.92. The maximum absolute atomic E-state index is 11.2. The highest BCUT2D eigenvalue weighted by molar-refractivity contribution is 5.77. The molecule has 0 aliphatic rings. The van der Waals surface area contributed by atoms with Crippen LogP contribution in [0.4, 0.5) is 0 Å². The first-order valence-electron chi connectivity index (χ1n) is 4.41. The first-order chi connectivity index (χ1) is 6.24. The van der Waals surface area contributed by atoms with E-state index in [0.29, 0.717) is 19.4 Å². The molecule has 13 heavy (non-hydrogen) atoms. The largest absolute Gasteiger partial charge is 0.315 e. The molecule has 0 saturated heterocycles. The molecule has 0 fully saturated rings. The van der Waals surface area contributed by atoms with E-state index in [0.717, 1.165) is 0 Å². The molecule has 0 unspecified atom stereocenters. The molecule has 70 valence electrons. The molecule has 0 amide bonds. The molecule has 0 radical (unpaired) electrons. The van der Waals surface area contributed by atoms with Gasteiger partial charge in [-0.2, -0.15) is 0 Å². The number of ketones is 1. The molecule has 0 aliphatic heterocycles. The van der Waals surface area contributed by atoms with Gasteiger partial charge in [-0.1, -0.05) is 13.0 Å². The summed E-state index contributed by atoms with van der Waals surface area (Å²) in [5.41, 5.74) is -0.0496. The average molecular weight is 179 g/mol. The zero-order valence-electron chi connectivity index (χ0n) is 7.69. The normalized spacial score (nSPS) is 9.92. The minimum atomic E-state index is -0.0496. The van der Waals surface area contributed by atoms with Gasteiger partial charge >= 0.3 is 0 Å². The van der Waals surface area contributed by atoms with Crippen molar-refractivity contribution in [3.8, 4) is 0 Å². The van der Waals surface area contributed by atoms with Crippen molar-refractivity contribution in [3.05, 3.63) is 34.7 Å². The summed E-state index contributed by atoms with van der Waals surface area (Å²) >= 11 is 0. The zero-order valence-corrected chi connectivity index (χ0v) is 7.69. The Bertz CT molecular complexity index is 341. The number of aryl methyl sites for hydroxylation is 1. The zero-order chi connectivity index (χ0) is 9.68. The number of hydrogen-bond acceptors (Lipinski definition) is 2. The van der Waals surface area contributed by atoms with Gasteiger partial charge < -0.3 is 4.57 Å². The van der Waals surface area contributed by atoms with Crippen LogP contribution in [0.15, 0.2) is 29.2 Å². The molecule has 0 aliphatic carbocycles. The second-order valence-electron chi connectivity index (χ2n) is 2.87. The van der Waals surface area contributed by atoms with E-state index in [1.54, 1.807) is 22.9 Å². The Morgan fingerprint density at radius 3 is 2.85 bits per heavy atom. The maximum Gasteiger partial charge on any atom is 0.250 e. The van der Waals surface area contributed by atoms with Crippen LogP contribution in [-0.4, -0.2) is 10.4 Å². The van der Waals surface area contributed by atoms with Crippen LogP contribution in [0.3, 0.4) is 0 Å². The fourth-order valence-electron chi connectivity index (χ4n) is 1.07. The summed E-state index contributed by atoms with van der Waals surface area (Å²) in [7, 11) is 0. The Labute approximate surface area is 77.0 Å². The Morgan fingerprint density at radius 2 is 2.23 bits per heavy atom. The Balaban J connectivity index is 2.60. The summed E-state index contributed by atoms with van der Waals surface area (Å²) in [6, 6.07) is 4.98. The molecule has 1 rings (SSSR count). The topological polar surface area (TPSA) is 39.1 Å². The standard InChI is InChI=1S/C10H13NO2/c1-2-9(12)6-8-11-7-4-3-5-10(11)13/h3-5,7H,2,6,8H2,1H3. The summed E-state index contributed by atoms with van der Waals surface area (Å²) in [6.07, 6.45) is 2.69. The van der Waals surface area contributed by atoms with Gasteiger partial charge in [0.05, 0.1) is 0 Å². The Kier molecular flexibility index (Phi) is 3.43. The van der Waals surface area contributed by atoms with Crippen molar-refractivity contribution in [2.75, 3.05) is 0 Å². The van der Waals surface area contributed by atoms with Crippen molar-refractivity contribution in [1.82, 2.24) is 4.57 Å². The third-order valence-corrected chi connectivity index (χ3v) is 1.92. The van der Waals surface area contributed by atoms with E-state index in [9.17, 15) is 9.59 Å². The fraction of sp³-hybridized carbons (Fsp3) is 0.400. The predicted molar refractivity (Wildman–Crippen MR) is 50.6 cm³/mol. The van der Waals surface area contributed by atoms with Gasteiger partial charge in [-0.05, 0) is 6.07 Å². The number of carbonyl (C=O) groups excluding carboxylic acids is 1. The second kappa shape index (κ2) is 4.60. The minimum absolute atomic E-state index is 0.0496. The first-order valence-corrected chi connectivity index (χ1v) is 4.41. The number of hydrogen-bond donors (Lipinski definition) is 0. The lowest BCUT2D eigenvalue weighted by atomic mass is 10.2. The average Bonchev–Trinajstić information content (AvgIpc) is 2.16. The van der Waals surface area contributed by atoms with Crippen molar-refractivity contribution in [3.63, 3.8) is 0 Å². The molecule has 0 spiro atoms. The molecule has 0 aromatic carbocycles. The van der Waals surface area contributed by atoms with E-state index in [2.05, 4.69) is 0 Å². The van der Waals surface area contributed by atoms with Crippen LogP contribution in [0, 0.1) is 0 Å². The summed E-state index contributed by atoms with van der Waals surface area (Å²) in [5, 5.41) is 0. The lowest BCUT2D eigenvalue weighted by Crippen LogP contribution is -2.19. The monoisotopic (exact) mass is 179 g/mol. The van der Waals surface area contributed by atoms with Gasteiger partial charge in [0.25, 0.3) is 5.56 Å². The molecule has 3 nitrogen and oxygen atoms in total. The van der Waals surface area contributed by atoms with Crippen LogP contribution >= 0.6 is 0 Å². The van der Waals surface area contributed by atoms with Gasteiger partial charge in [-0.15, -0.1) is 0 Å². The SMILES string of the molecule is CCC(=O)CCn1ccccc1=O. The highest BCUT2D eigenvalue weighted by Gasteiger charge is 1.99. The van der Waals surface area contributed by atoms with Crippen LogP contribution in [0.25, 0.3) is 0 Å². The van der Waals surface area contributed by atoms with Gasteiger partial charge in [0.1, 0.15) is 5.78 Å². The van der Waals surface area contributed by atoms with Crippen molar-refractivity contribution in [2.24, 2.45) is 0 Å². The van der Waals surface area contributed by atoms with E-state index in [4.69, 9.17) is 0 Å². The molecular weight excluding hydrogens is 166 g/mol. The first kappa shape index (κ1) is 9.71. The molecule has 0 saturated carbocycles. The fourth-order valence-corrected chi connectivity index (χ4v) is 1.07. The molecule has 0 bridgehead atoms. The van der Waals surface area contributed by atoms with Gasteiger partial charge in [-0.3, -0.25) is 9.59 Å². The van der Waals surface area contributed by atoms with Gasteiger partial charge in [0, 0.05) is 31.6 Å². The van der Waals surface area contributed by atoms with E-state index in [1.165, 1.54) is 6.07 Å². The predicted octanol–water partition coefficient (Wildman–Crippen LogP) is 1.22. The Hall–Kier alpha value is -1.38. The third kappa shape index (κ3) is 2.86. The molecule has 1 heterocycles. The summed E-state index contributed by atoms with van der Waals surface area (Å²) < 4.78 is 1.55. The lowest BCUT2D eigenvalue weighted by molar-refractivity contribution is -0.118. The van der Waals surface area contributed by atoms with E-state index < -0.39 is 0 Å². The molecular formula is C10H13NO2. The molecule has 1 aromatic rings. The number of aromatic nitrogens is 1. The van der Waals surface area contributed by atoms with Crippen molar-refractivity contribution >= 4 is 5.78 Å².